The molecule has 9 heteroatoms. The largest absolute Gasteiger partial charge is 0.392 e. The zero-order valence-corrected chi connectivity index (χ0v) is 18.2. The molecule has 0 saturated heterocycles. The topological polar surface area (TPSA) is 93.3 Å². The fraction of sp³-hybridized carbons (Fsp3) is 0.211. The highest BCUT2D eigenvalue weighted by molar-refractivity contribution is 7.99. The number of benzene rings is 1. The Balaban J connectivity index is 0.00000280. The fourth-order valence-corrected chi connectivity index (χ4v) is 5.11. The van der Waals surface area contributed by atoms with Crippen LogP contribution in [0.3, 0.4) is 0 Å². The van der Waals surface area contributed by atoms with Gasteiger partial charge in [-0.15, -0.1) is 35.5 Å². The Labute approximate surface area is 179 Å². The molecule has 28 heavy (non-hydrogen) atoms. The highest BCUT2D eigenvalue weighted by Gasteiger charge is 2.12. The third-order valence-electron chi connectivity index (χ3n) is 3.93. The normalized spacial score (nSPS) is 12.4. The van der Waals surface area contributed by atoms with Crippen LogP contribution >= 0.6 is 35.5 Å². The van der Waals surface area contributed by atoms with E-state index in [0.29, 0.717) is 12.2 Å². The average molecular weight is 457 g/mol. The Morgan fingerprint density at radius 3 is 2.50 bits per heavy atom. The molecule has 3 N–H and O–H groups in total. The van der Waals surface area contributed by atoms with Crippen LogP contribution in [-0.2, 0) is 16.4 Å². The van der Waals surface area contributed by atoms with Gasteiger partial charge in [0.2, 0.25) is 10.0 Å². The molecule has 0 radical (unpaired) electrons. The van der Waals surface area contributed by atoms with E-state index >= 15 is 0 Å². The molecule has 3 rings (SSSR count). The minimum Gasteiger partial charge on any atom is -0.392 e. The zero-order valence-electron chi connectivity index (χ0n) is 14.9. The number of nitrogens with zero attached hydrogens (tertiary/aromatic N) is 1. The third kappa shape index (κ3) is 6.58. The first-order valence-electron chi connectivity index (χ1n) is 8.34. The molecule has 1 aromatic carbocycles. The lowest BCUT2D eigenvalue weighted by molar-refractivity contribution is 0.189. The standard InChI is InChI=1S/C19H20N2O3S3.ClH/c20-27(23,24)19-10-9-18(26-19)15-4-7-17(8-5-15)25-13-16(22)6-3-14-2-1-11-21-12-14;/h1-2,4-5,7-12,16,22H,3,6,13H2,(H2,20,23,24);1H/t16-;/m1./s1. The Hall–Kier alpha value is -1.42. The van der Waals surface area contributed by atoms with E-state index in [1.54, 1.807) is 24.0 Å². The van der Waals surface area contributed by atoms with Gasteiger partial charge < -0.3 is 5.11 Å². The number of halogens is 1. The van der Waals surface area contributed by atoms with E-state index in [1.165, 1.54) is 6.07 Å². The summed E-state index contributed by atoms with van der Waals surface area (Å²) < 4.78 is 22.9. The van der Waals surface area contributed by atoms with Gasteiger partial charge in [0.05, 0.1) is 6.10 Å². The van der Waals surface area contributed by atoms with Crippen LogP contribution in [0.5, 0.6) is 0 Å². The minimum absolute atomic E-state index is 0. The maximum absolute atomic E-state index is 11.4. The summed E-state index contributed by atoms with van der Waals surface area (Å²) in [5.41, 5.74) is 2.07. The molecule has 0 aliphatic heterocycles. The second kappa shape index (κ2) is 10.4. The lowest BCUT2D eigenvalue weighted by Gasteiger charge is -2.10. The van der Waals surface area contributed by atoms with Gasteiger partial charge in [0.25, 0.3) is 0 Å². The van der Waals surface area contributed by atoms with Crippen molar-refractivity contribution in [2.24, 2.45) is 5.14 Å². The molecule has 5 nitrogen and oxygen atoms in total. The summed E-state index contributed by atoms with van der Waals surface area (Å²) in [6.45, 7) is 0. The molecule has 1 atom stereocenters. The van der Waals surface area contributed by atoms with Crippen LogP contribution in [0, 0.1) is 0 Å². The Morgan fingerprint density at radius 1 is 1.14 bits per heavy atom. The average Bonchev–Trinajstić information content (AvgIpc) is 3.17. The molecule has 0 bridgehead atoms. The highest BCUT2D eigenvalue weighted by atomic mass is 35.5. The van der Waals surface area contributed by atoms with Gasteiger partial charge in [-0.3, -0.25) is 4.98 Å². The summed E-state index contributed by atoms with van der Waals surface area (Å²) in [4.78, 5) is 5.99. The number of thioether (sulfide) groups is 1. The van der Waals surface area contributed by atoms with Gasteiger partial charge in [0.15, 0.2) is 0 Å². The number of thiophene rings is 1. The summed E-state index contributed by atoms with van der Waals surface area (Å²) in [7, 11) is -3.66. The van der Waals surface area contributed by atoms with Gasteiger partial charge in [0.1, 0.15) is 4.21 Å². The number of aliphatic hydroxyl groups excluding tert-OH is 1. The van der Waals surface area contributed by atoms with Gasteiger partial charge in [-0.1, -0.05) is 18.2 Å². The van der Waals surface area contributed by atoms with Gasteiger partial charge in [-0.2, -0.15) is 0 Å². The van der Waals surface area contributed by atoms with Crippen LogP contribution in [0.15, 0.2) is 70.0 Å². The van der Waals surface area contributed by atoms with Crippen molar-refractivity contribution in [3.63, 3.8) is 0 Å². The molecule has 0 spiro atoms. The SMILES string of the molecule is Cl.NS(=O)(=O)c1ccc(-c2ccc(SC[C@H](O)CCc3cccnc3)cc2)s1. The number of hydrogen-bond acceptors (Lipinski definition) is 6. The molecule has 2 heterocycles. The fourth-order valence-electron chi connectivity index (χ4n) is 2.50. The van der Waals surface area contributed by atoms with E-state index in [-0.39, 0.29) is 22.7 Å². The van der Waals surface area contributed by atoms with Crippen LogP contribution in [0.4, 0.5) is 0 Å². The van der Waals surface area contributed by atoms with Crippen LogP contribution in [0.25, 0.3) is 10.4 Å². The zero-order chi connectivity index (χ0) is 19.3. The maximum Gasteiger partial charge on any atom is 0.247 e. The number of aliphatic hydroxyl groups is 1. The summed E-state index contributed by atoms with van der Waals surface area (Å²) >= 11 is 2.76. The van der Waals surface area contributed by atoms with Crippen molar-refractivity contribution in [2.45, 2.75) is 28.1 Å². The molecule has 0 unspecified atom stereocenters. The lowest BCUT2D eigenvalue weighted by atomic mass is 10.1. The van der Waals surface area contributed by atoms with Crippen LogP contribution in [0.2, 0.25) is 0 Å². The molecule has 150 valence electrons. The van der Waals surface area contributed by atoms with Crippen molar-refractivity contribution in [3.05, 3.63) is 66.5 Å². The van der Waals surface area contributed by atoms with Crippen molar-refractivity contribution in [1.82, 2.24) is 4.98 Å². The molecular formula is C19H21ClN2O3S3. The number of rotatable bonds is 8. The number of primary sulfonamides is 1. The predicted octanol–water partition coefficient (Wildman–Crippen LogP) is 3.97. The third-order valence-corrected chi connectivity index (χ3v) is 7.66. The minimum atomic E-state index is -3.66. The van der Waals surface area contributed by atoms with E-state index in [9.17, 15) is 13.5 Å². The molecule has 0 fully saturated rings. The van der Waals surface area contributed by atoms with E-state index in [0.717, 1.165) is 38.7 Å². The quantitative estimate of drug-likeness (QED) is 0.500. The van der Waals surface area contributed by atoms with Crippen LogP contribution in [-0.4, -0.2) is 30.4 Å². The predicted molar refractivity (Wildman–Crippen MR) is 118 cm³/mol. The van der Waals surface area contributed by atoms with Gasteiger partial charge in [-0.25, -0.2) is 13.6 Å². The first kappa shape index (κ1) is 22.9. The maximum atomic E-state index is 11.4. The first-order valence-corrected chi connectivity index (χ1v) is 11.7. The van der Waals surface area contributed by atoms with Crippen LogP contribution < -0.4 is 5.14 Å². The van der Waals surface area contributed by atoms with Crippen molar-refractivity contribution in [2.75, 3.05) is 5.75 Å². The van der Waals surface area contributed by atoms with Gasteiger partial charge in [-0.05, 0) is 54.3 Å². The molecule has 2 aromatic heterocycles. The molecule has 0 aliphatic carbocycles. The Morgan fingerprint density at radius 2 is 1.89 bits per heavy atom. The van der Waals surface area contributed by atoms with Crippen molar-refractivity contribution >= 4 is 45.5 Å². The summed E-state index contributed by atoms with van der Waals surface area (Å²) in [5.74, 6) is 0.619. The number of hydrogen-bond donors (Lipinski definition) is 2. The van der Waals surface area contributed by atoms with Gasteiger partial charge in [0, 0.05) is 27.9 Å². The number of pyridine rings is 1. The van der Waals surface area contributed by atoms with E-state index < -0.39 is 10.0 Å². The summed E-state index contributed by atoms with van der Waals surface area (Å²) in [5, 5.41) is 15.3. The second-order valence-electron chi connectivity index (χ2n) is 6.05. The Kier molecular flexibility index (Phi) is 8.48. The first-order chi connectivity index (χ1) is 12.9. The van der Waals surface area contributed by atoms with E-state index in [4.69, 9.17) is 5.14 Å². The smallest absolute Gasteiger partial charge is 0.247 e. The highest BCUT2D eigenvalue weighted by Crippen LogP contribution is 2.31. The van der Waals surface area contributed by atoms with Crippen molar-refractivity contribution in [1.29, 1.82) is 0 Å². The second-order valence-corrected chi connectivity index (χ2v) is 10.0. The number of nitrogens with two attached hydrogens (primary N) is 1. The number of aromatic nitrogens is 1. The molecule has 3 aromatic rings. The van der Waals surface area contributed by atoms with Crippen molar-refractivity contribution < 1.29 is 13.5 Å². The van der Waals surface area contributed by atoms with Crippen molar-refractivity contribution in [3.8, 4) is 10.4 Å². The number of aryl methyl sites for hydroxylation is 1. The Bertz CT molecular complexity index is 977. The van der Waals surface area contributed by atoms with E-state index in [2.05, 4.69) is 4.98 Å². The van der Waals surface area contributed by atoms with Crippen LogP contribution in [0.1, 0.15) is 12.0 Å². The monoisotopic (exact) mass is 456 g/mol. The lowest BCUT2D eigenvalue weighted by Crippen LogP contribution is -2.11. The molecule has 0 saturated carbocycles. The summed E-state index contributed by atoms with van der Waals surface area (Å²) in [6.07, 6.45) is 4.68. The number of sulfonamides is 1. The molecule has 0 amide bonds. The van der Waals surface area contributed by atoms with Gasteiger partial charge >= 0.3 is 0 Å². The summed E-state index contributed by atoms with van der Waals surface area (Å²) in [6, 6.07) is 15.0. The molecule has 0 aliphatic rings. The molecular weight excluding hydrogens is 436 g/mol. The van der Waals surface area contributed by atoms with E-state index in [1.807, 2.05) is 42.6 Å².